The lowest BCUT2D eigenvalue weighted by molar-refractivity contribution is -0.141. The molecule has 3 aliphatic heterocycles. The molecule has 3 N–H and O–H groups in total. The molecule has 3 aliphatic rings. The summed E-state index contributed by atoms with van der Waals surface area (Å²) in [5.74, 6) is 0.195. The first kappa shape index (κ1) is 30.9. The molecule has 0 aromatic heterocycles. The van der Waals surface area contributed by atoms with Gasteiger partial charge in [-0.15, -0.1) is 0 Å². The maximum absolute atomic E-state index is 12.6. The first-order valence-electron chi connectivity index (χ1n) is 14.3. The number of cyclic esters (lactones) is 1. The Morgan fingerprint density at radius 1 is 1.08 bits per heavy atom. The molecule has 0 radical (unpaired) electrons. The van der Waals surface area contributed by atoms with Crippen molar-refractivity contribution in [2.45, 2.75) is 77.0 Å². The van der Waals surface area contributed by atoms with Crippen molar-refractivity contribution in [3.8, 4) is 0 Å². The molecule has 3 saturated heterocycles. The summed E-state index contributed by atoms with van der Waals surface area (Å²) in [7, 11) is 1.41. The first-order chi connectivity index (χ1) is 18.4. The van der Waals surface area contributed by atoms with Gasteiger partial charge in [0, 0.05) is 52.4 Å². The van der Waals surface area contributed by atoms with E-state index < -0.39 is 17.7 Å². The van der Waals surface area contributed by atoms with Crippen molar-refractivity contribution in [1.82, 2.24) is 19.6 Å². The molecule has 2 amide bonds. The Morgan fingerprint density at radius 3 is 2.41 bits per heavy atom. The van der Waals surface area contributed by atoms with Gasteiger partial charge in [0.05, 0.1) is 26.1 Å². The maximum Gasteiger partial charge on any atom is 0.410 e. The summed E-state index contributed by atoms with van der Waals surface area (Å²) in [5, 5.41) is 7.99. The highest BCUT2D eigenvalue weighted by Gasteiger charge is 2.36. The maximum atomic E-state index is 12.6. The number of amidine groups is 1. The minimum Gasteiger partial charge on any atom is -0.469 e. The van der Waals surface area contributed by atoms with Gasteiger partial charge in [0.1, 0.15) is 17.5 Å². The average Bonchev–Trinajstić information content (AvgIpc) is 3.23. The average molecular weight is 553 g/mol. The van der Waals surface area contributed by atoms with Gasteiger partial charge in [0.2, 0.25) is 0 Å². The summed E-state index contributed by atoms with van der Waals surface area (Å²) in [6.45, 7) is 12.3. The number of esters is 1. The summed E-state index contributed by atoms with van der Waals surface area (Å²) in [6, 6.07) is -0.428. The SMILES string of the molecule is COC(=O)CCN1CCN(CC2CN(CCCCC3CCN(C(=O)OC(C)(C)C)C(C(=N)N)C3)C(=O)O2)CC1. The number of rotatable bonds is 11. The van der Waals surface area contributed by atoms with Crippen molar-refractivity contribution in [2.75, 3.05) is 66.0 Å². The van der Waals surface area contributed by atoms with Crippen molar-refractivity contribution in [3.05, 3.63) is 0 Å². The van der Waals surface area contributed by atoms with Crippen LogP contribution in [0.25, 0.3) is 0 Å². The highest BCUT2D eigenvalue weighted by molar-refractivity contribution is 5.86. The number of carbonyl (C=O) groups excluding carboxylic acids is 3. The van der Waals surface area contributed by atoms with E-state index in [2.05, 4.69) is 9.80 Å². The van der Waals surface area contributed by atoms with Crippen molar-refractivity contribution in [2.24, 2.45) is 11.7 Å². The van der Waals surface area contributed by atoms with E-state index in [1.807, 2.05) is 20.8 Å². The quantitative estimate of drug-likeness (QED) is 0.130. The number of hydrogen-bond acceptors (Lipinski definition) is 9. The lowest BCUT2D eigenvalue weighted by Crippen LogP contribution is -2.53. The Kier molecular flexibility index (Phi) is 11.2. The molecule has 0 saturated carbocycles. The van der Waals surface area contributed by atoms with Gasteiger partial charge in [0.25, 0.3) is 0 Å². The molecule has 0 aromatic rings. The van der Waals surface area contributed by atoms with Crippen LogP contribution in [0, 0.1) is 11.3 Å². The Hall–Kier alpha value is -2.60. The van der Waals surface area contributed by atoms with Crippen molar-refractivity contribution in [1.29, 1.82) is 5.41 Å². The summed E-state index contributed by atoms with van der Waals surface area (Å²) in [6.07, 6.45) is 3.98. The molecule has 3 rings (SSSR count). The van der Waals surface area contributed by atoms with E-state index in [1.165, 1.54) is 7.11 Å². The van der Waals surface area contributed by atoms with Crippen LogP contribution in [0.3, 0.4) is 0 Å². The van der Waals surface area contributed by atoms with Gasteiger partial charge >= 0.3 is 18.2 Å². The first-order valence-corrected chi connectivity index (χ1v) is 14.3. The Labute approximate surface area is 232 Å². The predicted octanol–water partition coefficient (Wildman–Crippen LogP) is 2.11. The number of nitrogens with zero attached hydrogens (tertiary/aromatic N) is 4. The predicted molar refractivity (Wildman–Crippen MR) is 147 cm³/mol. The van der Waals surface area contributed by atoms with Crippen LogP contribution in [0.5, 0.6) is 0 Å². The van der Waals surface area contributed by atoms with Crippen LogP contribution in [-0.4, -0.2) is 127 Å². The lowest BCUT2D eigenvalue weighted by Gasteiger charge is -2.39. The molecule has 0 aliphatic carbocycles. The fraction of sp³-hybridized carbons (Fsp3) is 0.852. The zero-order chi connectivity index (χ0) is 28.6. The third-order valence-corrected chi connectivity index (χ3v) is 7.72. The van der Waals surface area contributed by atoms with Gasteiger partial charge in [0.15, 0.2) is 0 Å². The van der Waals surface area contributed by atoms with Gasteiger partial charge in [-0.05, 0) is 46.0 Å². The summed E-state index contributed by atoms with van der Waals surface area (Å²) >= 11 is 0. The second-order valence-electron chi connectivity index (χ2n) is 12.0. The topological polar surface area (TPSA) is 142 Å². The molecular weight excluding hydrogens is 504 g/mol. The molecule has 3 fully saturated rings. The van der Waals surface area contributed by atoms with Gasteiger partial charge in [-0.1, -0.05) is 12.8 Å². The molecule has 0 bridgehead atoms. The van der Waals surface area contributed by atoms with Crippen LogP contribution in [0.15, 0.2) is 0 Å². The molecule has 3 unspecified atom stereocenters. The van der Waals surface area contributed by atoms with Gasteiger partial charge in [-0.3, -0.25) is 20.0 Å². The highest BCUT2D eigenvalue weighted by atomic mass is 16.6. The van der Waals surface area contributed by atoms with E-state index >= 15 is 0 Å². The van der Waals surface area contributed by atoms with Gasteiger partial charge in [-0.25, -0.2) is 9.59 Å². The number of nitrogens with one attached hydrogen (secondary N) is 1. The number of ether oxygens (including phenoxy) is 3. The zero-order valence-corrected chi connectivity index (χ0v) is 24.2. The minimum atomic E-state index is -0.591. The molecule has 0 aromatic carbocycles. The second-order valence-corrected chi connectivity index (χ2v) is 12.0. The third-order valence-electron chi connectivity index (χ3n) is 7.72. The van der Waals surface area contributed by atoms with Crippen LogP contribution >= 0.6 is 0 Å². The van der Waals surface area contributed by atoms with Crippen LogP contribution < -0.4 is 5.73 Å². The molecule has 12 heteroatoms. The highest BCUT2D eigenvalue weighted by Crippen LogP contribution is 2.29. The molecule has 39 heavy (non-hydrogen) atoms. The van der Waals surface area contributed by atoms with E-state index in [1.54, 1.807) is 9.80 Å². The van der Waals surface area contributed by atoms with Crippen molar-refractivity contribution < 1.29 is 28.6 Å². The number of hydrogen-bond donors (Lipinski definition) is 2. The third kappa shape index (κ3) is 9.82. The number of likely N-dealkylation sites (tertiary alicyclic amines) is 1. The number of amides is 2. The summed E-state index contributed by atoms with van der Waals surface area (Å²) in [4.78, 5) is 44.3. The zero-order valence-electron chi connectivity index (χ0n) is 24.2. The van der Waals surface area contributed by atoms with Crippen molar-refractivity contribution in [3.63, 3.8) is 0 Å². The molecule has 12 nitrogen and oxygen atoms in total. The van der Waals surface area contributed by atoms with Crippen LogP contribution in [-0.2, 0) is 19.0 Å². The Bertz CT molecular complexity index is 856. The summed E-state index contributed by atoms with van der Waals surface area (Å²) in [5.41, 5.74) is 5.25. The monoisotopic (exact) mass is 552 g/mol. The Balaban J connectivity index is 1.32. The number of carbonyl (C=O) groups is 3. The van der Waals surface area contributed by atoms with Gasteiger partial charge in [-0.2, -0.15) is 0 Å². The van der Waals surface area contributed by atoms with Crippen LogP contribution in [0.2, 0.25) is 0 Å². The number of nitrogens with two attached hydrogens (primary N) is 1. The van der Waals surface area contributed by atoms with Crippen molar-refractivity contribution >= 4 is 24.0 Å². The lowest BCUT2D eigenvalue weighted by atomic mass is 9.86. The van der Waals surface area contributed by atoms with E-state index in [0.29, 0.717) is 44.9 Å². The molecule has 3 atom stereocenters. The summed E-state index contributed by atoms with van der Waals surface area (Å²) < 4.78 is 15.9. The van der Waals surface area contributed by atoms with E-state index in [-0.39, 0.29) is 24.0 Å². The Morgan fingerprint density at radius 2 is 1.77 bits per heavy atom. The number of piperazine rings is 1. The van der Waals surface area contributed by atoms with Crippen LogP contribution in [0.1, 0.15) is 59.3 Å². The molecule has 3 heterocycles. The number of unbranched alkanes of at least 4 members (excludes halogenated alkanes) is 1. The fourth-order valence-electron chi connectivity index (χ4n) is 5.56. The van der Waals surface area contributed by atoms with E-state index in [0.717, 1.165) is 58.4 Å². The number of methoxy groups -OCH3 is 1. The normalized spacial score (nSPS) is 24.9. The standard InChI is InChI=1S/C27H48N6O6/c1-27(2,3)39-26(36)33-12-8-20(17-22(33)24(28)29)7-5-6-10-32-19-21(38-25(32)35)18-31-15-13-30(14-16-31)11-9-23(34)37-4/h20-22H,5-19H2,1-4H3,(H3,28,29). The smallest absolute Gasteiger partial charge is 0.410 e. The fourth-order valence-corrected chi connectivity index (χ4v) is 5.56. The molecule has 222 valence electrons. The van der Waals surface area contributed by atoms with E-state index in [4.69, 9.17) is 25.4 Å². The van der Waals surface area contributed by atoms with Gasteiger partial charge < -0.3 is 29.7 Å². The van der Waals surface area contributed by atoms with E-state index in [9.17, 15) is 14.4 Å². The molecular formula is C27H48N6O6. The number of piperidine rings is 1. The molecule has 0 spiro atoms. The van der Waals surface area contributed by atoms with Crippen LogP contribution in [0.4, 0.5) is 9.59 Å². The minimum absolute atomic E-state index is 0.000906. The second kappa shape index (κ2) is 14.2. The largest absolute Gasteiger partial charge is 0.469 e.